The van der Waals surface area contributed by atoms with Crippen molar-refractivity contribution >= 4 is 24.2 Å². The van der Waals surface area contributed by atoms with Gasteiger partial charge in [-0.05, 0) is 65.0 Å². The fourth-order valence-electron chi connectivity index (χ4n) is 2.70. The second kappa shape index (κ2) is 5.22. The Kier molecular flexibility index (Phi) is 4.22. The third-order valence-electron chi connectivity index (χ3n) is 4.81. The highest BCUT2D eigenvalue weighted by atomic mass is 79.9. The van der Waals surface area contributed by atoms with E-state index in [2.05, 4.69) is 73.8 Å². The van der Waals surface area contributed by atoms with Gasteiger partial charge in [0.05, 0.1) is 11.3 Å². The molecule has 1 saturated carbocycles. The summed E-state index contributed by atoms with van der Waals surface area (Å²) in [5.74, 6) is 0.727. The van der Waals surface area contributed by atoms with E-state index in [9.17, 15) is 0 Å². The topological polar surface area (TPSA) is 22.1 Å². The Bertz CT molecular complexity index is 472. The Labute approximate surface area is 132 Å². The molecule has 0 saturated heterocycles. The van der Waals surface area contributed by atoms with E-state index >= 15 is 0 Å². The first-order valence-corrected chi connectivity index (χ1v) is 11.1. The number of hydrogen-bond acceptors (Lipinski definition) is 2. The van der Waals surface area contributed by atoms with Crippen molar-refractivity contribution in [2.75, 3.05) is 0 Å². The van der Waals surface area contributed by atoms with Gasteiger partial charge in [-0.1, -0.05) is 27.7 Å². The zero-order chi connectivity index (χ0) is 15.2. The van der Waals surface area contributed by atoms with Gasteiger partial charge in [0, 0.05) is 10.7 Å². The molecule has 112 valence electrons. The maximum atomic E-state index is 6.78. The van der Waals surface area contributed by atoms with Crippen molar-refractivity contribution < 1.29 is 4.43 Å². The molecule has 0 N–H and O–H groups in total. The monoisotopic (exact) mass is 355 g/mol. The molecule has 0 atom stereocenters. The summed E-state index contributed by atoms with van der Waals surface area (Å²) in [4.78, 5) is 4.62. The van der Waals surface area contributed by atoms with Crippen LogP contribution in [0.2, 0.25) is 18.1 Å². The van der Waals surface area contributed by atoms with Gasteiger partial charge in [0.1, 0.15) is 0 Å². The van der Waals surface area contributed by atoms with Crippen molar-refractivity contribution in [3.05, 3.63) is 28.5 Å². The first-order chi connectivity index (χ1) is 9.06. The van der Waals surface area contributed by atoms with Gasteiger partial charge < -0.3 is 4.43 Å². The van der Waals surface area contributed by atoms with Gasteiger partial charge in [-0.2, -0.15) is 0 Å². The third-order valence-corrected chi connectivity index (χ3v) is 9.79. The van der Waals surface area contributed by atoms with Gasteiger partial charge in [0.25, 0.3) is 0 Å². The predicted molar refractivity (Wildman–Crippen MR) is 90.3 cm³/mol. The first kappa shape index (κ1) is 16.2. The van der Waals surface area contributed by atoms with E-state index in [1.54, 1.807) is 0 Å². The molecule has 1 aromatic rings. The molecule has 20 heavy (non-hydrogen) atoms. The minimum atomic E-state index is -1.79. The Balaban J connectivity index is 2.30. The zero-order valence-electron chi connectivity index (χ0n) is 13.5. The Hall–Kier alpha value is -0.193. The minimum absolute atomic E-state index is 0.150. The number of pyridine rings is 1. The maximum Gasteiger partial charge on any atom is 0.193 e. The number of nitrogens with zero attached hydrogens (tertiary/aromatic N) is 1. The molecule has 0 aliphatic heterocycles. The largest absolute Gasteiger partial charge is 0.406 e. The fraction of sp³-hybridized carbons (Fsp3) is 0.688. The molecular formula is C16H26BrNOSi. The van der Waals surface area contributed by atoms with E-state index in [0.29, 0.717) is 0 Å². The molecule has 2 rings (SSSR count). The average Bonchev–Trinajstić information content (AvgIpc) is 2.25. The molecular weight excluding hydrogens is 330 g/mol. The zero-order valence-corrected chi connectivity index (χ0v) is 16.0. The van der Waals surface area contributed by atoms with Crippen LogP contribution in [0.25, 0.3) is 0 Å². The summed E-state index contributed by atoms with van der Waals surface area (Å²) in [6, 6.07) is 4.19. The molecule has 1 aliphatic carbocycles. The molecule has 1 aliphatic rings. The highest BCUT2D eigenvalue weighted by Crippen LogP contribution is 2.52. The lowest BCUT2D eigenvalue weighted by Gasteiger charge is -2.52. The second-order valence-electron chi connectivity index (χ2n) is 7.73. The maximum absolute atomic E-state index is 6.78. The molecule has 0 radical (unpaired) electrons. The van der Waals surface area contributed by atoms with Crippen molar-refractivity contribution in [3.63, 3.8) is 0 Å². The highest BCUT2D eigenvalue weighted by molar-refractivity contribution is 9.10. The van der Waals surface area contributed by atoms with Crippen LogP contribution >= 0.6 is 15.9 Å². The average molecular weight is 356 g/mol. The van der Waals surface area contributed by atoms with Crippen LogP contribution in [-0.2, 0) is 10.0 Å². The summed E-state index contributed by atoms with van der Waals surface area (Å²) in [5.41, 5.74) is 0.951. The Morgan fingerprint density at radius 2 is 1.90 bits per heavy atom. The van der Waals surface area contributed by atoms with Gasteiger partial charge in [-0.15, -0.1) is 0 Å². The quantitative estimate of drug-likeness (QED) is 0.668. The summed E-state index contributed by atoms with van der Waals surface area (Å²) >= 11 is 3.46. The van der Waals surface area contributed by atoms with Gasteiger partial charge in [-0.25, -0.2) is 0 Å². The molecule has 0 bridgehead atoms. The van der Waals surface area contributed by atoms with Gasteiger partial charge in [-0.3, -0.25) is 4.98 Å². The van der Waals surface area contributed by atoms with Crippen LogP contribution in [0.4, 0.5) is 0 Å². The van der Waals surface area contributed by atoms with Crippen LogP contribution in [0.3, 0.4) is 0 Å². The SMILES string of the molecule is CC1CC(O[Si](C)(C)C(C)(C)C)(c2ccc(Br)cn2)C1. The lowest BCUT2D eigenvalue weighted by atomic mass is 9.70. The summed E-state index contributed by atoms with van der Waals surface area (Å²) in [5, 5.41) is 0.230. The predicted octanol–water partition coefficient (Wildman–Crippen LogP) is 5.49. The minimum Gasteiger partial charge on any atom is -0.406 e. The van der Waals surface area contributed by atoms with Crippen molar-refractivity contribution in [3.8, 4) is 0 Å². The summed E-state index contributed by atoms with van der Waals surface area (Å²) in [6.45, 7) is 13.8. The van der Waals surface area contributed by atoms with Crippen molar-refractivity contribution in [2.45, 2.75) is 64.3 Å². The molecule has 1 fully saturated rings. The van der Waals surface area contributed by atoms with E-state index in [4.69, 9.17) is 4.43 Å². The summed E-state index contributed by atoms with van der Waals surface area (Å²) in [7, 11) is -1.79. The van der Waals surface area contributed by atoms with Crippen molar-refractivity contribution in [1.82, 2.24) is 4.98 Å². The highest BCUT2D eigenvalue weighted by Gasteiger charge is 2.51. The molecule has 2 nitrogen and oxygen atoms in total. The van der Waals surface area contributed by atoms with E-state index in [1.807, 2.05) is 6.20 Å². The lowest BCUT2D eigenvalue weighted by Crippen LogP contribution is -2.53. The standard InChI is InChI=1S/C16H26BrNOSi/c1-12-9-16(10-12,14-8-7-13(17)11-18-14)19-20(5,6)15(2,3)4/h7-8,11-12H,9-10H2,1-6H3. The van der Waals surface area contributed by atoms with Crippen LogP contribution in [0, 0.1) is 5.92 Å². The normalized spacial score (nSPS) is 27.2. The van der Waals surface area contributed by atoms with Crippen LogP contribution in [0.1, 0.15) is 46.2 Å². The Morgan fingerprint density at radius 3 is 2.30 bits per heavy atom. The summed E-state index contributed by atoms with van der Waals surface area (Å²) in [6.07, 6.45) is 4.07. The molecule has 0 amide bonds. The number of hydrogen-bond donors (Lipinski definition) is 0. The van der Waals surface area contributed by atoms with Gasteiger partial charge in [0.15, 0.2) is 8.32 Å². The van der Waals surface area contributed by atoms with Crippen molar-refractivity contribution in [2.24, 2.45) is 5.92 Å². The molecule has 1 aromatic heterocycles. The Morgan fingerprint density at radius 1 is 1.30 bits per heavy atom. The van der Waals surface area contributed by atoms with E-state index in [1.165, 1.54) is 0 Å². The fourth-order valence-corrected chi connectivity index (χ4v) is 4.49. The molecule has 1 heterocycles. The smallest absolute Gasteiger partial charge is 0.193 e. The molecule has 0 spiro atoms. The van der Waals surface area contributed by atoms with E-state index in [-0.39, 0.29) is 10.6 Å². The molecule has 0 aromatic carbocycles. The number of aromatic nitrogens is 1. The first-order valence-electron chi connectivity index (χ1n) is 7.38. The second-order valence-corrected chi connectivity index (χ2v) is 13.4. The van der Waals surface area contributed by atoms with Gasteiger partial charge in [0.2, 0.25) is 0 Å². The molecule has 4 heteroatoms. The van der Waals surface area contributed by atoms with Crippen LogP contribution < -0.4 is 0 Å². The number of halogens is 1. The van der Waals surface area contributed by atoms with E-state index < -0.39 is 8.32 Å². The summed E-state index contributed by atoms with van der Waals surface area (Å²) < 4.78 is 7.81. The number of rotatable bonds is 3. The molecule has 0 unspecified atom stereocenters. The van der Waals surface area contributed by atoms with Gasteiger partial charge >= 0.3 is 0 Å². The van der Waals surface area contributed by atoms with E-state index in [0.717, 1.165) is 28.9 Å². The van der Waals surface area contributed by atoms with Crippen LogP contribution in [0.5, 0.6) is 0 Å². The van der Waals surface area contributed by atoms with Crippen LogP contribution in [0.15, 0.2) is 22.8 Å². The third kappa shape index (κ3) is 3.02. The lowest BCUT2D eigenvalue weighted by molar-refractivity contribution is -0.0643. The van der Waals surface area contributed by atoms with Crippen molar-refractivity contribution in [1.29, 1.82) is 0 Å². The van der Waals surface area contributed by atoms with Crippen LogP contribution in [-0.4, -0.2) is 13.3 Å².